The SMILES string of the molecule is CCCCCCCCCc1ccc(-c2c([O])cc(F)c(C(F)(F)Oc3ccc(OC(F)(F)F)cc3)c2F)cc1. The topological polar surface area (TPSA) is 38.4 Å². The molecule has 1 radical (unpaired) electrons. The molecule has 0 aliphatic rings. The lowest BCUT2D eigenvalue weighted by molar-refractivity contribution is -0.274. The molecule has 0 aliphatic heterocycles. The zero-order valence-electron chi connectivity index (χ0n) is 21.2. The van der Waals surface area contributed by atoms with Crippen molar-refractivity contribution in [1.29, 1.82) is 0 Å². The van der Waals surface area contributed by atoms with Crippen LogP contribution in [0.25, 0.3) is 11.1 Å². The first-order chi connectivity index (χ1) is 18.4. The molecule has 0 aromatic heterocycles. The molecule has 3 aromatic carbocycles. The average molecular weight is 558 g/mol. The predicted octanol–water partition coefficient (Wildman–Crippen LogP) is 10.1. The normalized spacial score (nSPS) is 12.0. The van der Waals surface area contributed by atoms with Crippen LogP contribution in [-0.4, -0.2) is 6.36 Å². The Balaban J connectivity index is 1.75. The van der Waals surface area contributed by atoms with E-state index in [1.54, 1.807) is 12.1 Å². The molecule has 0 bridgehead atoms. The number of alkyl halides is 5. The number of hydrogen-bond acceptors (Lipinski definition) is 2. The Morgan fingerprint density at radius 2 is 1.26 bits per heavy atom. The second-order valence-corrected chi connectivity index (χ2v) is 9.13. The maximum atomic E-state index is 15.3. The summed E-state index contributed by atoms with van der Waals surface area (Å²) in [7, 11) is 0. The molecule has 3 nitrogen and oxygen atoms in total. The second-order valence-electron chi connectivity index (χ2n) is 9.13. The quantitative estimate of drug-likeness (QED) is 0.155. The van der Waals surface area contributed by atoms with E-state index in [4.69, 9.17) is 0 Å². The third kappa shape index (κ3) is 8.53. The minimum Gasteiger partial charge on any atom is -0.429 e. The zero-order chi connectivity index (χ0) is 28.6. The van der Waals surface area contributed by atoms with Crippen molar-refractivity contribution in [2.75, 3.05) is 0 Å². The highest BCUT2D eigenvalue weighted by molar-refractivity contribution is 5.72. The van der Waals surface area contributed by atoms with Crippen molar-refractivity contribution < 1.29 is 45.3 Å². The van der Waals surface area contributed by atoms with Crippen LogP contribution in [0.1, 0.15) is 63.0 Å². The van der Waals surface area contributed by atoms with Crippen molar-refractivity contribution >= 4 is 0 Å². The first-order valence-corrected chi connectivity index (χ1v) is 12.6. The summed E-state index contributed by atoms with van der Waals surface area (Å²) in [6.45, 7) is 2.15. The first-order valence-electron chi connectivity index (χ1n) is 12.6. The van der Waals surface area contributed by atoms with Gasteiger partial charge in [0, 0.05) is 6.07 Å². The maximum absolute atomic E-state index is 15.3. The van der Waals surface area contributed by atoms with E-state index in [9.17, 15) is 31.4 Å². The Bertz CT molecular complexity index is 1210. The molecule has 0 N–H and O–H groups in total. The van der Waals surface area contributed by atoms with Gasteiger partial charge in [-0.3, -0.25) is 5.11 Å². The van der Waals surface area contributed by atoms with Crippen molar-refractivity contribution in [2.45, 2.75) is 70.8 Å². The van der Waals surface area contributed by atoms with Crippen LogP contribution in [0.4, 0.5) is 30.7 Å². The smallest absolute Gasteiger partial charge is 0.429 e. The number of hydrogen-bond donors (Lipinski definition) is 0. The van der Waals surface area contributed by atoms with Crippen molar-refractivity contribution in [3.05, 3.63) is 77.4 Å². The number of rotatable bonds is 13. The fourth-order valence-corrected chi connectivity index (χ4v) is 4.17. The molecule has 10 heteroatoms. The van der Waals surface area contributed by atoms with E-state index in [0.29, 0.717) is 12.1 Å². The Hall–Kier alpha value is -3.43. The maximum Gasteiger partial charge on any atom is 0.573 e. The highest BCUT2D eigenvalue weighted by atomic mass is 19.4. The van der Waals surface area contributed by atoms with Gasteiger partial charge in [0.25, 0.3) is 0 Å². The Morgan fingerprint density at radius 1 is 0.718 bits per heavy atom. The summed E-state index contributed by atoms with van der Waals surface area (Å²) in [6.07, 6.45) is -0.927. The number of halogens is 7. The predicted molar refractivity (Wildman–Crippen MR) is 131 cm³/mol. The van der Waals surface area contributed by atoms with Gasteiger partial charge in [0.2, 0.25) is 0 Å². The summed E-state index contributed by atoms with van der Waals surface area (Å²) in [5, 5.41) is 12.4. The van der Waals surface area contributed by atoms with E-state index in [1.807, 2.05) is 0 Å². The van der Waals surface area contributed by atoms with Gasteiger partial charge in [-0.05, 0) is 48.2 Å². The Labute approximate surface area is 222 Å². The van der Waals surface area contributed by atoms with Crippen LogP contribution in [0.2, 0.25) is 0 Å². The molecule has 0 spiro atoms. The van der Waals surface area contributed by atoms with Crippen LogP contribution in [0.5, 0.6) is 17.2 Å². The minimum atomic E-state index is -5.00. The number of ether oxygens (including phenoxy) is 2. The summed E-state index contributed by atoms with van der Waals surface area (Å²) in [6, 6.07) is 9.23. The Morgan fingerprint density at radius 3 is 1.82 bits per heavy atom. The lowest BCUT2D eigenvalue weighted by Crippen LogP contribution is -2.25. The third-order valence-electron chi connectivity index (χ3n) is 6.09. The van der Waals surface area contributed by atoms with E-state index in [0.717, 1.165) is 43.4 Å². The van der Waals surface area contributed by atoms with Crippen molar-refractivity contribution in [3.8, 4) is 28.4 Å². The van der Waals surface area contributed by atoms with Crippen molar-refractivity contribution in [3.63, 3.8) is 0 Å². The van der Waals surface area contributed by atoms with E-state index in [2.05, 4.69) is 16.4 Å². The molecule has 0 saturated heterocycles. The molecule has 0 aliphatic carbocycles. The second kappa shape index (κ2) is 13.1. The molecular weight excluding hydrogens is 529 g/mol. The standard InChI is InChI=1S/C29H28F7O3/c1-2-3-4-5-6-7-8-9-19-10-12-20(13-11-19)25-24(37)18-23(30)26(27(25)31)28(32,33)38-21-14-16-22(17-15-21)39-29(34,35)36/h10-18H,2-9H2,1H3. The summed E-state index contributed by atoms with van der Waals surface area (Å²) in [5.41, 5.74) is -1.62. The van der Waals surface area contributed by atoms with Gasteiger partial charge in [-0.25, -0.2) is 8.78 Å². The van der Waals surface area contributed by atoms with E-state index in [-0.39, 0.29) is 11.6 Å². The lowest BCUT2D eigenvalue weighted by Gasteiger charge is -2.21. The van der Waals surface area contributed by atoms with Gasteiger partial charge in [-0.2, -0.15) is 8.78 Å². The molecule has 39 heavy (non-hydrogen) atoms. The number of unbranched alkanes of at least 4 members (excludes halogenated alkanes) is 6. The van der Waals surface area contributed by atoms with Crippen LogP contribution >= 0.6 is 0 Å². The highest BCUT2D eigenvalue weighted by Crippen LogP contribution is 2.42. The van der Waals surface area contributed by atoms with Gasteiger partial charge in [0.05, 0.1) is 5.56 Å². The first kappa shape index (κ1) is 30.1. The monoisotopic (exact) mass is 557 g/mol. The van der Waals surface area contributed by atoms with E-state index < -0.39 is 52.5 Å². The molecule has 0 amide bonds. The van der Waals surface area contributed by atoms with Crippen LogP contribution in [-0.2, 0) is 17.6 Å². The number of benzene rings is 3. The van der Waals surface area contributed by atoms with Gasteiger partial charge >= 0.3 is 12.5 Å². The number of aryl methyl sites for hydroxylation is 1. The third-order valence-corrected chi connectivity index (χ3v) is 6.09. The van der Waals surface area contributed by atoms with Gasteiger partial charge in [0.1, 0.15) is 22.9 Å². The van der Waals surface area contributed by atoms with Crippen LogP contribution in [0, 0.1) is 11.6 Å². The summed E-state index contributed by atoms with van der Waals surface area (Å²) >= 11 is 0. The van der Waals surface area contributed by atoms with Crippen molar-refractivity contribution in [2.24, 2.45) is 0 Å². The molecule has 0 heterocycles. The van der Waals surface area contributed by atoms with Crippen LogP contribution < -0.4 is 9.47 Å². The van der Waals surface area contributed by atoms with E-state index >= 15 is 4.39 Å². The lowest BCUT2D eigenvalue weighted by atomic mass is 9.97. The fraction of sp³-hybridized carbons (Fsp3) is 0.379. The molecule has 3 rings (SSSR count). The average Bonchev–Trinajstić information content (AvgIpc) is 2.84. The zero-order valence-corrected chi connectivity index (χ0v) is 21.2. The van der Waals surface area contributed by atoms with Crippen LogP contribution in [0.15, 0.2) is 54.6 Å². The molecular formula is C29H28F7O3. The summed E-state index contributed by atoms with van der Waals surface area (Å²) < 4.78 is 104. The summed E-state index contributed by atoms with van der Waals surface area (Å²) in [5.74, 6) is -6.13. The molecule has 3 aromatic rings. The molecule has 0 atom stereocenters. The van der Waals surface area contributed by atoms with Gasteiger partial charge < -0.3 is 9.47 Å². The molecule has 211 valence electrons. The van der Waals surface area contributed by atoms with Crippen LogP contribution in [0.3, 0.4) is 0 Å². The largest absolute Gasteiger partial charge is 0.573 e. The van der Waals surface area contributed by atoms with Gasteiger partial charge in [-0.15, -0.1) is 13.2 Å². The van der Waals surface area contributed by atoms with Crippen molar-refractivity contribution in [1.82, 2.24) is 0 Å². The van der Waals surface area contributed by atoms with Gasteiger partial charge in [-0.1, -0.05) is 69.7 Å². The highest BCUT2D eigenvalue weighted by Gasteiger charge is 2.43. The summed E-state index contributed by atoms with van der Waals surface area (Å²) in [4.78, 5) is 0. The fourth-order valence-electron chi connectivity index (χ4n) is 4.17. The van der Waals surface area contributed by atoms with E-state index in [1.165, 1.54) is 37.8 Å². The molecule has 0 fully saturated rings. The molecule has 0 unspecified atom stereocenters. The Kier molecular flexibility index (Phi) is 10.1. The minimum absolute atomic E-state index is 0.00785. The molecule has 0 saturated carbocycles. The van der Waals surface area contributed by atoms with Gasteiger partial charge in [0.15, 0.2) is 11.6 Å².